The van der Waals surface area contributed by atoms with Crippen molar-refractivity contribution in [3.8, 4) is 17.1 Å². The van der Waals surface area contributed by atoms with E-state index in [1.807, 2.05) is 13.1 Å². The Morgan fingerprint density at radius 1 is 1.21 bits per heavy atom. The number of nitrogens with one attached hydrogen (secondary N) is 1. The van der Waals surface area contributed by atoms with Crippen LogP contribution in [0, 0.1) is 0 Å². The normalized spacial score (nSPS) is 13.7. The van der Waals surface area contributed by atoms with E-state index in [-0.39, 0.29) is 12.4 Å². The van der Waals surface area contributed by atoms with Crippen LogP contribution in [0.25, 0.3) is 11.3 Å². The highest BCUT2D eigenvalue weighted by atomic mass is 16.5. The molecule has 29 heavy (non-hydrogen) atoms. The van der Waals surface area contributed by atoms with Crippen LogP contribution in [0.4, 0.5) is 17.3 Å². The number of nitrogen functional groups attached to an aromatic ring is 2. The van der Waals surface area contributed by atoms with Gasteiger partial charge in [-0.25, -0.2) is 15.0 Å². The molecule has 8 heteroatoms. The second kappa shape index (κ2) is 7.92. The molecular weight excluding hydrogens is 366 g/mol. The van der Waals surface area contributed by atoms with Crippen molar-refractivity contribution in [2.75, 3.05) is 37.4 Å². The van der Waals surface area contributed by atoms with Crippen LogP contribution >= 0.6 is 0 Å². The number of hydrogen-bond acceptors (Lipinski definition) is 8. The number of nitrogens with two attached hydrogens (primary N) is 2. The Balaban J connectivity index is 1.64. The number of likely N-dealkylation sites (N-methyl/N-ethyl adjacent to an activating group) is 1. The van der Waals surface area contributed by atoms with E-state index in [1.165, 1.54) is 11.1 Å². The predicted octanol–water partition coefficient (Wildman–Crippen LogP) is 2.31. The van der Waals surface area contributed by atoms with Crippen LogP contribution in [0.1, 0.15) is 16.7 Å². The highest BCUT2D eigenvalue weighted by molar-refractivity contribution is 5.70. The molecule has 0 amide bonds. The molecule has 3 heterocycles. The first-order valence-electron chi connectivity index (χ1n) is 9.51. The molecule has 1 aromatic carbocycles. The number of benzene rings is 1. The number of nitrogens with zero attached hydrogens (tertiary/aromatic N) is 4. The largest absolute Gasteiger partial charge is 0.470 e. The molecule has 1 aliphatic rings. The molecule has 150 valence electrons. The Bertz CT molecular complexity index is 1040. The van der Waals surface area contributed by atoms with Crippen molar-refractivity contribution in [3.05, 3.63) is 53.3 Å². The van der Waals surface area contributed by atoms with Crippen LogP contribution in [0.2, 0.25) is 0 Å². The summed E-state index contributed by atoms with van der Waals surface area (Å²) in [5.74, 6) is 0.999. The molecule has 0 saturated heterocycles. The van der Waals surface area contributed by atoms with Gasteiger partial charge in [0.25, 0.3) is 5.88 Å². The van der Waals surface area contributed by atoms with Gasteiger partial charge in [-0.3, -0.25) is 0 Å². The van der Waals surface area contributed by atoms with E-state index in [0.29, 0.717) is 11.7 Å². The molecule has 4 rings (SSSR count). The van der Waals surface area contributed by atoms with Crippen LogP contribution in [0.15, 0.2) is 36.7 Å². The third-order valence-electron chi connectivity index (χ3n) is 5.08. The Hall–Kier alpha value is -3.39. The number of pyridine rings is 1. The van der Waals surface area contributed by atoms with Gasteiger partial charge in [0.15, 0.2) is 5.82 Å². The van der Waals surface area contributed by atoms with E-state index >= 15 is 0 Å². The van der Waals surface area contributed by atoms with Gasteiger partial charge in [-0.15, -0.1) is 0 Å². The molecule has 0 unspecified atom stereocenters. The van der Waals surface area contributed by atoms with Gasteiger partial charge in [-0.1, -0.05) is 0 Å². The van der Waals surface area contributed by atoms with Crippen LogP contribution < -0.4 is 21.5 Å². The lowest BCUT2D eigenvalue weighted by Gasteiger charge is -2.27. The summed E-state index contributed by atoms with van der Waals surface area (Å²) in [5.41, 5.74) is 18.1. The molecule has 0 aliphatic carbocycles. The monoisotopic (exact) mass is 391 g/mol. The summed E-state index contributed by atoms with van der Waals surface area (Å²) < 4.78 is 5.82. The molecule has 3 aromatic rings. The van der Waals surface area contributed by atoms with Crippen LogP contribution in [-0.2, 0) is 19.6 Å². The third kappa shape index (κ3) is 4.07. The molecule has 0 radical (unpaired) electrons. The third-order valence-corrected chi connectivity index (χ3v) is 5.08. The zero-order valence-corrected chi connectivity index (χ0v) is 16.6. The first kappa shape index (κ1) is 18.9. The molecule has 0 bridgehead atoms. The fraction of sp³-hybridized carbons (Fsp3) is 0.286. The van der Waals surface area contributed by atoms with Crippen LogP contribution in [-0.4, -0.2) is 40.5 Å². The molecule has 0 spiro atoms. The Morgan fingerprint density at radius 2 is 2.07 bits per heavy atom. The van der Waals surface area contributed by atoms with Crippen molar-refractivity contribution in [1.82, 2.24) is 19.9 Å². The van der Waals surface area contributed by atoms with Gasteiger partial charge in [0, 0.05) is 37.6 Å². The summed E-state index contributed by atoms with van der Waals surface area (Å²) in [6.07, 6.45) is 4.35. The zero-order valence-electron chi connectivity index (χ0n) is 16.6. The average molecular weight is 391 g/mol. The van der Waals surface area contributed by atoms with E-state index in [0.717, 1.165) is 42.0 Å². The van der Waals surface area contributed by atoms with E-state index in [9.17, 15) is 0 Å². The average Bonchev–Trinajstić information content (AvgIpc) is 2.72. The van der Waals surface area contributed by atoms with Gasteiger partial charge in [-0.2, -0.15) is 0 Å². The molecule has 5 N–H and O–H groups in total. The lowest BCUT2D eigenvalue weighted by molar-refractivity contribution is 0.295. The van der Waals surface area contributed by atoms with E-state index in [4.69, 9.17) is 16.2 Å². The van der Waals surface area contributed by atoms with E-state index < -0.39 is 0 Å². The quantitative estimate of drug-likeness (QED) is 0.607. The molecule has 0 fully saturated rings. The van der Waals surface area contributed by atoms with E-state index in [1.54, 1.807) is 18.5 Å². The summed E-state index contributed by atoms with van der Waals surface area (Å²) in [6.45, 7) is 2.25. The second-order valence-electron chi connectivity index (χ2n) is 7.22. The lowest BCUT2D eigenvalue weighted by Crippen LogP contribution is -2.27. The standard InChI is InChI=1S/C21H25N7O/c1-24-17-9-14(8-15-11-28(2)6-4-16(15)17)18-10-26-20(23)21(27-18)29-12-13-3-5-25-19(22)7-13/h3,5,7-10,24H,4,6,11-12H2,1-2H3,(H2,22,25)(H2,23,26). The zero-order chi connectivity index (χ0) is 20.4. The van der Waals surface area contributed by atoms with Crippen molar-refractivity contribution < 1.29 is 4.74 Å². The number of rotatable bonds is 5. The second-order valence-corrected chi connectivity index (χ2v) is 7.22. The Kier molecular flexibility index (Phi) is 5.18. The molecule has 1 aliphatic heterocycles. The first-order chi connectivity index (χ1) is 14.0. The minimum atomic E-state index is 0.252. The fourth-order valence-corrected chi connectivity index (χ4v) is 3.57. The van der Waals surface area contributed by atoms with Crippen LogP contribution in [0.3, 0.4) is 0 Å². The predicted molar refractivity (Wildman–Crippen MR) is 114 cm³/mol. The molecule has 0 saturated carbocycles. The van der Waals surface area contributed by atoms with Crippen LogP contribution in [0.5, 0.6) is 5.88 Å². The maximum atomic E-state index is 5.99. The molecule has 0 atom stereocenters. The lowest BCUT2D eigenvalue weighted by atomic mass is 9.94. The first-order valence-corrected chi connectivity index (χ1v) is 9.51. The number of fused-ring (bicyclic) bond motifs is 1. The van der Waals surface area contributed by atoms with Gasteiger partial charge in [0.1, 0.15) is 12.4 Å². The molecule has 8 nitrogen and oxygen atoms in total. The maximum Gasteiger partial charge on any atom is 0.258 e. The summed E-state index contributed by atoms with van der Waals surface area (Å²) in [7, 11) is 4.08. The van der Waals surface area contributed by atoms with Gasteiger partial charge < -0.3 is 26.4 Å². The van der Waals surface area contributed by atoms with Crippen molar-refractivity contribution in [2.24, 2.45) is 0 Å². The molecular formula is C21H25N7O. The van der Waals surface area contributed by atoms with Crippen molar-refractivity contribution in [3.63, 3.8) is 0 Å². The summed E-state index contributed by atoms with van der Waals surface area (Å²) >= 11 is 0. The van der Waals surface area contributed by atoms with Gasteiger partial charge in [0.05, 0.1) is 11.9 Å². The Morgan fingerprint density at radius 3 is 2.86 bits per heavy atom. The maximum absolute atomic E-state index is 5.99. The highest BCUT2D eigenvalue weighted by Crippen LogP contribution is 2.32. The minimum Gasteiger partial charge on any atom is -0.470 e. The van der Waals surface area contributed by atoms with Gasteiger partial charge in [-0.05, 0) is 54.4 Å². The van der Waals surface area contributed by atoms with Gasteiger partial charge in [0.2, 0.25) is 0 Å². The number of aromatic nitrogens is 3. The molecule has 2 aromatic heterocycles. The topological polar surface area (TPSA) is 115 Å². The SMILES string of the molecule is CNc1cc(-c2cnc(N)c(OCc3ccnc(N)c3)n2)cc2c1CCN(C)C2. The van der Waals surface area contributed by atoms with Crippen molar-refractivity contribution >= 4 is 17.3 Å². The minimum absolute atomic E-state index is 0.252. The Labute approximate surface area is 169 Å². The smallest absolute Gasteiger partial charge is 0.258 e. The highest BCUT2D eigenvalue weighted by Gasteiger charge is 2.19. The van der Waals surface area contributed by atoms with Gasteiger partial charge >= 0.3 is 0 Å². The summed E-state index contributed by atoms with van der Waals surface area (Å²) in [5, 5.41) is 3.32. The number of ether oxygens (including phenoxy) is 1. The van der Waals surface area contributed by atoms with Crippen molar-refractivity contribution in [2.45, 2.75) is 19.6 Å². The number of hydrogen-bond donors (Lipinski definition) is 3. The summed E-state index contributed by atoms with van der Waals surface area (Å²) in [6, 6.07) is 7.88. The van der Waals surface area contributed by atoms with Crippen molar-refractivity contribution in [1.29, 1.82) is 0 Å². The van der Waals surface area contributed by atoms with E-state index in [2.05, 4.69) is 44.3 Å². The summed E-state index contributed by atoms with van der Waals surface area (Å²) in [4.78, 5) is 15.2. The fourth-order valence-electron chi connectivity index (χ4n) is 3.57. The number of anilines is 3.